The van der Waals surface area contributed by atoms with Crippen molar-refractivity contribution in [3.63, 3.8) is 0 Å². The predicted octanol–water partition coefficient (Wildman–Crippen LogP) is 2.47. The Morgan fingerprint density at radius 1 is 1.23 bits per heavy atom. The molecule has 122 valence electrons. The highest BCUT2D eigenvalue weighted by molar-refractivity contribution is 5.41. The summed E-state index contributed by atoms with van der Waals surface area (Å²) >= 11 is 0. The fourth-order valence-corrected chi connectivity index (χ4v) is 2.87. The third kappa shape index (κ3) is 3.89. The van der Waals surface area contributed by atoms with Gasteiger partial charge in [-0.25, -0.2) is 4.98 Å². The number of halogens is 3. The van der Waals surface area contributed by atoms with E-state index in [4.69, 9.17) is 0 Å². The van der Waals surface area contributed by atoms with E-state index >= 15 is 0 Å². The molecule has 3 rings (SSSR count). The zero-order chi connectivity index (χ0) is 15.6. The summed E-state index contributed by atoms with van der Waals surface area (Å²) in [4.78, 5) is 5.92. The highest BCUT2D eigenvalue weighted by Gasteiger charge is 2.33. The van der Waals surface area contributed by atoms with Gasteiger partial charge in [0.25, 0.3) is 0 Å². The Morgan fingerprint density at radius 3 is 2.55 bits per heavy atom. The minimum atomic E-state index is -4.41. The van der Waals surface area contributed by atoms with Crippen molar-refractivity contribution in [3.05, 3.63) is 23.4 Å². The van der Waals surface area contributed by atoms with Crippen molar-refractivity contribution < 1.29 is 13.2 Å². The van der Waals surface area contributed by atoms with E-state index in [1.165, 1.54) is 6.07 Å². The number of hydrogen-bond donors (Lipinski definition) is 2. The second kappa shape index (κ2) is 6.42. The van der Waals surface area contributed by atoms with Crippen LogP contribution in [0.4, 0.5) is 19.0 Å². The van der Waals surface area contributed by atoms with Crippen LogP contribution in [0.1, 0.15) is 30.5 Å². The highest BCUT2D eigenvalue weighted by Crippen LogP contribution is 2.30. The number of likely N-dealkylation sites (tertiary alicyclic amines) is 1. The largest absolute Gasteiger partial charge is 0.433 e. The first-order valence-corrected chi connectivity index (χ1v) is 7.78. The molecule has 3 heterocycles. The average molecular weight is 314 g/mol. The molecule has 2 saturated heterocycles. The number of anilines is 1. The maximum Gasteiger partial charge on any atom is 0.433 e. The zero-order valence-electron chi connectivity index (χ0n) is 12.4. The fourth-order valence-electron chi connectivity index (χ4n) is 2.87. The lowest BCUT2D eigenvalue weighted by Gasteiger charge is -2.31. The molecule has 0 radical (unpaired) electrons. The van der Waals surface area contributed by atoms with Gasteiger partial charge in [0, 0.05) is 12.6 Å². The van der Waals surface area contributed by atoms with Crippen molar-refractivity contribution >= 4 is 5.82 Å². The van der Waals surface area contributed by atoms with E-state index in [2.05, 4.69) is 20.5 Å². The zero-order valence-corrected chi connectivity index (χ0v) is 12.4. The summed E-state index contributed by atoms with van der Waals surface area (Å²) in [5.74, 6) is 0.345. The van der Waals surface area contributed by atoms with Crippen LogP contribution >= 0.6 is 0 Å². The summed E-state index contributed by atoms with van der Waals surface area (Å²) in [6.07, 6.45) is -1.48. The second-order valence-electron chi connectivity index (χ2n) is 6.04. The molecule has 2 fully saturated rings. The van der Waals surface area contributed by atoms with E-state index in [0.717, 1.165) is 45.4 Å². The molecule has 2 aliphatic rings. The number of alkyl halides is 3. The van der Waals surface area contributed by atoms with Crippen molar-refractivity contribution in [1.29, 1.82) is 0 Å². The minimum absolute atomic E-state index is 0.189. The fraction of sp³-hybridized carbons (Fsp3) is 0.667. The first kappa shape index (κ1) is 15.6. The summed E-state index contributed by atoms with van der Waals surface area (Å²) in [7, 11) is 0. The number of nitrogens with zero attached hydrogens (tertiary/aromatic N) is 2. The van der Waals surface area contributed by atoms with Gasteiger partial charge >= 0.3 is 6.18 Å². The molecule has 0 unspecified atom stereocenters. The summed E-state index contributed by atoms with van der Waals surface area (Å²) in [6.45, 7) is 4.25. The standard InChI is InChI=1S/C15H21F3N4/c16-15(17,18)13-8-11(10-22-6-1-7-22)9-14(21-13)20-12-2-4-19-5-3-12/h8-9,12,19H,1-7,10H2,(H,20,21). The Labute approximate surface area is 128 Å². The normalized spacial score (nSPS) is 20.7. The number of rotatable bonds is 4. The van der Waals surface area contributed by atoms with Gasteiger partial charge in [0.05, 0.1) is 0 Å². The van der Waals surface area contributed by atoms with Gasteiger partial charge in [0.2, 0.25) is 0 Å². The number of nitrogens with one attached hydrogen (secondary N) is 2. The van der Waals surface area contributed by atoms with E-state index in [1.807, 2.05) is 0 Å². The van der Waals surface area contributed by atoms with Gasteiger partial charge in [-0.1, -0.05) is 0 Å². The SMILES string of the molecule is FC(F)(F)c1cc(CN2CCC2)cc(NC2CCNCC2)n1. The van der Waals surface area contributed by atoms with E-state index in [1.54, 1.807) is 6.07 Å². The molecule has 1 aromatic heterocycles. The van der Waals surface area contributed by atoms with Crippen molar-refractivity contribution in [1.82, 2.24) is 15.2 Å². The molecule has 4 nitrogen and oxygen atoms in total. The third-order valence-electron chi connectivity index (χ3n) is 4.22. The number of hydrogen-bond acceptors (Lipinski definition) is 4. The Morgan fingerprint density at radius 2 is 1.95 bits per heavy atom. The highest BCUT2D eigenvalue weighted by atomic mass is 19.4. The van der Waals surface area contributed by atoms with Crippen LogP contribution in [0.3, 0.4) is 0 Å². The quantitative estimate of drug-likeness (QED) is 0.896. The van der Waals surface area contributed by atoms with Gasteiger partial charge in [-0.05, 0) is 63.1 Å². The summed E-state index contributed by atoms with van der Waals surface area (Å²) in [6, 6.07) is 3.12. The number of piperidine rings is 1. The molecule has 0 bridgehead atoms. The van der Waals surface area contributed by atoms with E-state index < -0.39 is 11.9 Å². The van der Waals surface area contributed by atoms with Gasteiger partial charge in [0.15, 0.2) is 0 Å². The average Bonchev–Trinajstić information content (AvgIpc) is 2.43. The third-order valence-corrected chi connectivity index (χ3v) is 4.22. The Balaban J connectivity index is 1.78. The van der Waals surface area contributed by atoms with Gasteiger partial charge < -0.3 is 10.6 Å². The van der Waals surface area contributed by atoms with Crippen LogP contribution in [0.15, 0.2) is 12.1 Å². The Kier molecular flexibility index (Phi) is 4.54. The molecular weight excluding hydrogens is 293 g/mol. The Hall–Kier alpha value is -1.34. The maximum atomic E-state index is 13.0. The smallest absolute Gasteiger partial charge is 0.367 e. The van der Waals surface area contributed by atoms with E-state index in [0.29, 0.717) is 17.9 Å². The van der Waals surface area contributed by atoms with Gasteiger partial charge in [-0.3, -0.25) is 4.90 Å². The van der Waals surface area contributed by atoms with Crippen molar-refractivity contribution in [2.75, 3.05) is 31.5 Å². The first-order valence-electron chi connectivity index (χ1n) is 7.78. The number of aromatic nitrogens is 1. The second-order valence-corrected chi connectivity index (χ2v) is 6.04. The van der Waals surface area contributed by atoms with Crippen LogP contribution in [0.2, 0.25) is 0 Å². The molecule has 7 heteroatoms. The lowest BCUT2D eigenvalue weighted by Crippen LogP contribution is -2.37. The van der Waals surface area contributed by atoms with Crippen molar-refractivity contribution in [3.8, 4) is 0 Å². The van der Waals surface area contributed by atoms with Crippen LogP contribution in [0.25, 0.3) is 0 Å². The van der Waals surface area contributed by atoms with Crippen LogP contribution in [-0.4, -0.2) is 42.1 Å². The Bertz CT molecular complexity index is 508. The van der Waals surface area contributed by atoms with E-state index in [9.17, 15) is 13.2 Å². The van der Waals surface area contributed by atoms with Crippen molar-refractivity contribution in [2.24, 2.45) is 0 Å². The molecule has 0 atom stereocenters. The molecular formula is C15H21F3N4. The summed E-state index contributed by atoms with van der Waals surface area (Å²) in [5, 5.41) is 6.42. The monoisotopic (exact) mass is 314 g/mol. The molecule has 2 N–H and O–H groups in total. The molecule has 2 aliphatic heterocycles. The summed E-state index contributed by atoms with van der Waals surface area (Å²) in [5.41, 5.74) is -0.125. The van der Waals surface area contributed by atoms with Crippen molar-refractivity contribution in [2.45, 2.75) is 38.0 Å². The number of pyridine rings is 1. The predicted molar refractivity (Wildman–Crippen MR) is 78.6 cm³/mol. The first-order chi connectivity index (χ1) is 10.5. The minimum Gasteiger partial charge on any atom is -0.367 e. The molecule has 0 aliphatic carbocycles. The topological polar surface area (TPSA) is 40.2 Å². The van der Waals surface area contributed by atoms with E-state index in [-0.39, 0.29) is 6.04 Å². The van der Waals surface area contributed by atoms with Crippen LogP contribution < -0.4 is 10.6 Å². The van der Waals surface area contributed by atoms with Gasteiger partial charge in [-0.2, -0.15) is 13.2 Å². The van der Waals surface area contributed by atoms with Crippen LogP contribution in [0, 0.1) is 0 Å². The maximum absolute atomic E-state index is 13.0. The molecule has 1 aromatic rings. The molecule has 0 spiro atoms. The molecule has 0 aromatic carbocycles. The van der Waals surface area contributed by atoms with Gasteiger partial charge in [-0.15, -0.1) is 0 Å². The lowest BCUT2D eigenvalue weighted by atomic mass is 10.1. The molecule has 22 heavy (non-hydrogen) atoms. The van der Waals surface area contributed by atoms with Gasteiger partial charge in [0.1, 0.15) is 11.5 Å². The van der Waals surface area contributed by atoms with Crippen LogP contribution in [-0.2, 0) is 12.7 Å². The lowest BCUT2D eigenvalue weighted by molar-refractivity contribution is -0.141. The summed E-state index contributed by atoms with van der Waals surface area (Å²) < 4.78 is 39.1. The van der Waals surface area contributed by atoms with Crippen LogP contribution in [0.5, 0.6) is 0 Å². The molecule has 0 saturated carbocycles. The molecule has 0 amide bonds.